The summed E-state index contributed by atoms with van der Waals surface area (Å²) in [4.78, 5) is 11.1. The number of methoxy groups -OCH3 is 2. The van der Waals surface area contributed by atoms with E-state index >= 15 is 0 Å². The highest BCUT2D eigenvalue weighted by atomic mass is 35.5. The number of hydrogen-bond acceptors (Lipinski definition) is 5. The number of hydrogen-bond donors (Lipinski definition) is 0. The van der Waals surface area contributed by atoms with Crippen molar-refractivity contribution in [2.45, 2.75) is 13.0 Å². The summed E-state index contributed by atoms with van der Waals surface area (Å²) in [5.74, 6) is 2.10. The summed E-state index contributed by atoms with van der Waals surface area (Å²) in [6.07, 6.45) is 0.979. The van der Waals surface area contributed by atoms with Crippen LogP contribution in [-0.2, 0) is 13.0 Å². The molecular weight excluding hydrogens is 338 g/mol. The Morgan fingerprint density at radius 3 is 2.48 bits per heavy atom. The lowest BCUT2D eigenvalue weighted by molar-refractivity contribution is 0.356. The quantitative estimate of drug-likeness (QED) is 0.667. The van der Waals surface area contributed by atoms with Crippen LogP contribution < -0.4 is 14.4 Å². The largest absolute Gasteiger partial charge is 0.493 e. The number of anilines is 1. The molecular formula is C19H18ClN3O2. The first kappa shape index (κ1) is 16.0. The zero-order valence-electron chi connectivity index (χ0n) is 14.1. The third-order valence-corrected chi connectivity index (χ3v) is 4.75. The first-order valence-corrected chi connectivity index (χ1v) is 8.48. The molecule has 1 aromatic heterocycles. The van der Waals surface area contributed by atoms with Gasteiger partial charge in [-0.3, -0.25) is 0 Å². The number of fused-ring (bicyclic) bond motifs is 2. The molecule has 128 valence electrons. The molecule has 3 aromatic rings. The Morgan fingerprint density at radius 1 is 1.00 bits per heavy atom. The molecule has 0 atom stereocenters. The highest BCUT2D eigenvalue weighted by Crippen LogP contribution is 2.36. The Kier molecular flexibility index (Phi) is 4.09. The van der Waals surface area contributed by atoms with E-state index in [0.717, 1.165) is 36.2 Å². The van der Waals surface area contributed by atoms with Crippen LogP contribution in [-0.4, -0.2) is 30.7 Å². The zero-order valence-corrected chi connectivity index (χ0v) is 14.9. The van der Waals surface area contributed by atoms with E-state index < -0.39 is 0 Å². The van der Waals surface area contributed by atoms with Gasteiger partial charge in [-0.1, -0.05) is 24.3 Å². The third kappa shape index (κ3) is 2.85. The van der Waals surface area contributed by atoms with Gasteiger partial charge in [-0.2, -0.15) is 4.98 Å². The van der Waals surface area contributed by atoms with Crippen molar-refractivity contribution in [3.63, 3.8) is 0 Å². The van der Waals surface area contributed by atoms with Gasteiger partial charge in [0.2, 0.25) is 5.28 Å². The number of halogens is 1. The molecule has 0 fully saturated rings. The summed E-state index contributed by atoms with van der Waals surface area (Å²) < 4.78 is 10.8. The van der Waals surface area contributed by atoms with Gasteiger partial charge >= 0.3 is 0 Å². The summed E-state index contributed by atoms with van der Waals surface area (Å²) in [6.45, 7) is 1.68. The summed E-state index contributed by atoms with van der Waals surface area (Å²) in [7, 11) is 3.23. The van der Waals surface area contributed by atoms with Gasteiger partial charge in [0.25, 0.3) is 0 Å². The van der Waals surface area contributed by atoms with Gasteiger partial charge in [0.05, 0.1) is 19.7 Å². The molecule has 1 aliphatic rings. The number of nitrogens with zero attached hydrogens (tertiary/aromatic N) is 3. The molecule has 0 bridgehead atoms. The second-order valence-electron chi connectivity index (χ2n) is 5.98. The van der Waals surface area contributed by atoms with Gasteiger partial charge in [-0.25, -0.2) is 4.98 Å². The Hall–Kier alpha value is -2.53. The molecule has 0 saturated carbocycles. The molecule has 0 radical (unpaired) electrons. The minimum atomic E-state index is 0.230. The Bertz CT molecular complexity index is 945. The van der Waals surface area contributed by atoms with Crippen molar-refractivity contribution in [1.29, 1.82) is 0 Å². The van der Waals surface area contributed by atoms with Crippen LogP contribution in [0.5, 0.6) is 11.5 Å². The van der Waals surface area contributed by atoms with Crippen molar-refractivity contribution in [2.75, 3.05) is 25.7 Å². The van der Waals surface area contributed by atoms with Gasteiger partial charge < -0.3 is 14.4 Å². The van der Waals surface area contributed by atoms with Crippen LogP contribution in [0.25, 0.3) is 10.9 Å². The van der Waals surface area contributed by atoms with Crippen LogP contribution in [0.2, 0.25) is 5.28 Å². The van der Waals surface area contributed by atoms with Gasteiger partial charge in [-0.15, -0.1) is 0 Å². The van der Waals surface area contributed by atoms with E-state index in [1.165, 1.54) is 11.1 Å². The van der Waals surface area contributed by atoms with Crippen LogP contribution in [0.3, 0.4) is 0 Å². The lowest BCUT2D eigenvalue weighted by Gasteiger charge is -2.30. The van der Waals surface area contributed by atoms with Crippen LogP contribution >= 0.6 is 11.6 Å². The van der Waals surface area contributed by atoms with Crippen molar-refractivity contribution in [3.8, 4) is 11.5 Å². The van der Waals surface area contributed by atoms with E-state index in [4.69, 9.17) is 21.1 Å². The maximum Gasteiger partial charge on any atom is 0.224 e. The van der Waals surface area contributed by atoms with E-state index in [0.29, 0.717) is 11.5 Å². The molecule has 25 heavy (non-hydrogen) atoms. The Balaban J connectivity index is 1.84. The molecule has 5 nitrogen and oxygen atoms in total. The van der Waals surface area contributed by atoms with Crippen molar-refractivity contribution in [2.24, 2.45) is 0 Å². The van der Waals surface area contributed by atoms with Crippen molar-refractivity contribution in [1.82, 2.24) is 9.97 Å². The molecule has 0 N–H and O–H groups in total. The lowest BCUT2D eigenvalue weighted by Crippen LogP contribution is -2.31. The van der Waals surface area contributed by atoms with E-state index in [-0.39, 0.29) is 5.28 Å². The molecule has 0 spiro atoms. The van der Waals surface area contributed by atoms with Gasteiger partial charge in [0.15, 0.2) is 11.5 Å². The molecule has 0 saturated heterocycles. The molecule has 1 aliphatic heterocycles. The normalized spacial score (nSPS) is 13.6. The lowest BCUT2D eigenvalue weighted by atomic mass is 9.99. The number of ether oxygens (including phenoxy) is 2. The van der Waals surface area contributed by atoms with Crippen molar-refractivity contribution >= 4 is 28.3 Å². The highest BCUT2D eigenvalue weighted by molar-refractivity contribution is 6.28. The maximum absolute atomic E-state index is 6.19. The van der Waals surface area contributed by atoms with Crippen molar-refractivity contribution in [3.05, 3.63) is 52.8 Å². The second kappa shape index (κ2) is 6.41. The highest BCUT2D eigenvalue weighted by Gasteiger charge is 2.21. The minimum absolute atomic E-state index is 0.230. The molecule has 0 unspecified atom stereocenters. The van der Waals surface area contributed by atoms with Crippen LogP contribution in [0.1, 0.15) is 11.1 Å². The first-order chi connectivity index (χ1) is 12.2. The number of aromatic nitrogens is 2. The smallest absolute Gasteiger partial charge is 0.224 e. The summed E-state index contributed by atoms with van der Waals surface area (Å²) in [5.41, 5.74) is 3.45. The minimum Gasteiger partial charge on any atom is -0.493 e. The first-order valence-electron chi connectivity index (χ1n) is 8.10. The van der Waals surface area contributed by atoms with E-state index in [1.54, 1.807) is 14.2 Å². The molecule has 4 rings (SSSR count). The van der Waals surface area contributed by atoms with Crippen LogP contribution in [0.4, 0.5) is 5.82 Å². The van der Waals surface area contributed by atoms with E-state index in [2.05, 4.69) is 39.1 Å². The summed E-state index contributed by atoms with van der Waals surface area (Å²) in [6, 6.07) is 12.3. The van der Waals surface area contributed by atoms with Gasteiger partial charge in [-0.05, 0) is 35.2 Å². The van der Waals surface area contributed by atoms with E-state index in [1.807, 2.05) is 12.1 Å². The van der Waals surface area contributed by atoms with Crippen LogP contribution in [0.15, 0.2) is 36.4 Å². The number of rotatable bonds is 3. The second-order valence-corrected chi connectivity index (χ2v) is 6.32. The fourth-order valence-electron chi connectivity index (χ4n) is 3.33. The monoisotopic (exact) mass is 355 g/mol. The van der Waals surface area contributed by atoms with Crippen molar-refractivity contribution < 1.29 is 9.47 Å². The predicted molar refractivity (Wildman–Crippen MR) is 98.8 cm³/mol. The predicted octanol–water partition coefficient (Wildman–Crippen LogP) is 3.86. The molecule has 0 amide bonds. The molecule has 2 aromatic carbocycles. The molecule has 2 heterocycles. The average molecular weight is 356 g/mol. The fourth-order valence-corrected chi connectivity index (χ4v) is 3.50. The van der Waals surface area contributed by atoms with Crippen LogP contribution in [0, 0.1) is 0 Å². The van der Waals surface area contributed by atoms with E-state index in [9.17, 15) is 0 Å². The third-order valence-electron chi connectivity index (χ3n) is 4.58. The topological polar surface area (TPSA) is 47.5 Å². The fraction of sp³-hybridized carbons (Fsp3) is 0.263. The maximum atomic E-state index is 6.19. The standard InChI is InChI=1S/C19H18ClN3O2/c1-24-16-9-14-15(10-17(16)25-2)21-19(20)22-18(14)23-8-7-12-5-3-4-6-13(12)11-23/h3-6,9-10H,7-8,11H2,1-2H3. The molecule has 0 aliphatic carbocycles. The zero-order chi connectivity index (χ0) is 17.4. The van der Waals surface area contributed by atoms with Gasteiger partial charge in [0, 0.05) is 24.5 Å². The number of benzene rings is 2. The average Bonchev–Trinajstić information content (AvgIpc) is 2.65. The van der Waals surface area contributed by atoms with Gasteiger partial charge in [0.1, 0.15) is 5.82 Å². The summed E-state index contributed by atoms with van der Waals surface area (Å²) in [5, 5.41) is 1.13. The summed E-state index contributed by atoms with van der Waals surface area (Å²) >= 11 is 6.19. The Morgan fingerprint density at radius 2 is 1.72 bits per heavy atom. The SMILES string of the molecule is COc1cc2nc(Cl)nc(N3CCc4ccccc4C3)c2cc1OC. The molecule has 6 heteroatoms. The Labute approximate surface area is 151 Å².